The molecule has 0 saturated carbocycles. The molecule has 0 atom stereocenters. The maximum Gasteiger partial charge on any atom is 1.00 e. The van der Waals surface area contributed by atoms with E-state index in [0.29, 0.717) is 0 Å². The van der Waals surface area contributed by atoms with Gasteiger partial charge in [0.25, 0.3) is 0 Å². The van der Waals surface area contributed by atoms with Gasteiger partial charge in [0.15, 0.2) is 0 Å². The summed E-state index contributed by atoms with van der Waals surface area (Å²) in [5.41, 5.74) is 0. The van der Waals surface area contributed by atoms with Gasteiger partial charge in [0.2, 0.25) is 0 Å². The van der Waals surface area contributed by atoms with Gasteiger partial charge in [-0.3, -0.25) is 0 Å². The Morgan fingerprint density at radius 3 is 1.64 bits per heavy atom. The van der Waals surface area contributed by atoms with Crippen LogP contribution in [0.3, 0.4) is 0 Å². The minimum absolute atomic E-state index is 0. The van der Waals surface area contributed by atoms with Crippen molar-refractivity contribution in [3.63, 3.8) is 0 Å². The molecule has 0 unspecified atom stereocenters. The van der Waals surface area contributed by atoms with Gasteiger partial charge in [-0.05, 0) is 6.08 Å². The molecule has 0 bridgehead atoms. The first-order valence-corrected chi connectivity index (χ1v) is 2.13. The number of rotatable bonds is 2. The largest absolute Gasteiger partial charge is 1.00 e. The van der Waals surface area contributed by atoms with Crippen LogP contribution in [-0.4, -0.2) is 18.6 Å². The number of carboxylic acid groups (broad SMARTS) is 2. The second-order valence-corrected chi connectivity index (χ2v) is 1.03. The number of hydrogen-bond acceptors (Lipinski definition) is 4. The molecule has 11 heavy (non-hydrogen) atoms. The Bertz CT molecular complexity index is 136. The summed E-state index contributed by atoms with van der Waals surface area (Å²) in [6, 6.07) is 0. The number of carboxylic acids is 2. The molecule has 6 heteroatoms. The smallest absolute Gasteiger partial charge is 0.547 e. The number of aliphatic carboxylic acids is 2. The topological polar surface area (TPSA) is 80.3 Å². The van der Waals surface area contributed by atoms with Gasteiger partial charge in [-0.1, -0.05) is 6.58 Å². The Balaban J connectivity index is -0.000000107. The number of carbonyl (C=O) groups is 2. The molecule has 0 heterocycles. The van der Waals surface area contributed by atoms with Crippen LogP contribution >= 0.6 is 0 Å². The van der Waals surface area contributed by atoms with Crippen molar-refractivity contribution in [3.8, 4) is 0 Å². The van der Waals surface area contributed by atoms with Gasteiger partial charge in [0.05, 0.1) is 11.9 Å². The minimum atomic E-state index is -1.66. The van der Waals surface area contributed by atoms with E-state index < -0.39 is 18.6 Å². The summed E-state index contributed by atoms with van der Waals surface area (Å²) in [4.78, 5) is 18.0. The first-order chi connectivity index (χ1) is 4.54. The first kappa shape index (κ1) is 16.6. The van der Waals surface area contributed by atoms with E-state index in [2.05, 4.69) is 6.58 Å². The molecule has 0 N–H and O–H groups in total. The minimum Gasteiger partial charge on any atom is -0.547 e. The fraction of sp³-hybridized carbons (Fsp3) is 0.200. The average Bonchev–Trinajstić information content (AvgIpc) is 1.89. The van der Waals surface area contributed by atoms with E-state index in [-0.39, 0.29) is 17.1 Å². The van der Waals surface area contributed by atoms with E-state index in [1.165, 1.54) is 0 Å². The Morgan fingerprint density at radius 1 is 1.45 bits per heavy atom. The molecule has 0 aromatic carbocycles. The molecule has 0 aliphatic carbocycles. The van der Waals surface area contributed by atoms with E-state index in [9.17, 15) is 4.39 Å². The van der Waals surface area contributed by atoms with Crippen molar-refractivity contribution in [1.29, 1.82) is 0 Å². The zero-order valence-corrected chi connectivity index (χ0v) is 6.25. The average molecular weight is 212 g/mol. The van der Waals surface area contributed by atoms with Gasteiger partial charge in [-0.25, -0.2) is 4.39 Å². The molecule has 0 aliphatic heterocycles. The van der Waals surface area contributed by atoms with Gasteiger partial charge in [0.1, 0.15) is 6.67 Å². The van der Waals surface area contributed by atoms with Crippen molar-refractivity contribution < 1.29 is 41.3 Å². The van der Waals surface area contributed by atoms with Crippen LogP contribution < -0.4 is 10.2 Å². The Morgan fingerprint density at radius 2 is 1.64 bits per heavy atom. The molecular weight excluding hydrogens is 207 g/mol. The molecule has 0 radical (unpaired) electrons. The predicted octanol–water partition coefficient (Wildman–Crippen LogP) is -2.37. The van der Waals surface area contributed by atoms with Crippen molar-refractivity contribution in [2.24, 2.45) is 0 Å². The molecule has 0 aromatic rings. The number of hydrogen-bond donors (Lipinski definition) is 0. The maximum absolute atomic E-state index is 10.5. The number of halogens is 1. The van der Waals surface area contributed by atoms with E-state index in [1.54, 1.807) is 0 Å². The van der Waals surface area contributed by atoms with Gasteiger partial charge in [-0.2, -0.15) is 0 Å². The van der Waals surface area contributed by atoms with Gasteiger partial charge in [0, 0.05) is 0 Å². The Hall–Kier alpha value is -0.871. The first-order valence-electron chi connectivity index (χ1n) is 2.13. The van der Waals surface area contributed by atoms with Crippen LogP contribution in [0.1, 0.15) is 0 Å². The Labute approximate surface area is 73.2 Å². The van der Waals surface area contributed by atoms with Crippen molar-refractivity contribution >= 4 is 11.9 Å². The molecule has 0 saturated heterocycles. The monoisotopic (exact) mass is 211 g/mol. The fourth-order valence-corrected chi connectivity index (χ4v) is 0. The molecule has 4 nitrogen and oxygen atoms in total. The van der Waals surface area contributed by atoms with Gasteiger partial charge in [-0.15, -0.1) is 0 Å². The second kappa shape index (κ2) is 11.9. The van der Waals surface area contributed by atoms with Crippen LogP contribution in [0.15, 0.2) is 12.7 Å². The van der Waals surface area contributed by atoms with Crippen LogP contribution in [0.25, 0.3) is 0 Å². The molecule has 68 valence electrons. The third-order valence-electron chi connectivity index (χ3n) is 0.276. The summed E-state index contributed by atoms with van der Waals surface area (Å²) in [7, 11) is 0. The SMILES string of the molecule is C=CC(=O)[O-].O=C([O-])CF.[Cu+]. The third kappa shape index (κ3) is 47.4. The molecule has 0 amide bonds. The van der Waals surface area contributed by atoms with Crippen molar-refractivity contribution in [3.05, 3.63) is 12.7 Å². The van der Waals surface area contributed by atoms with Crippen molar-refractivity contribution in [2.75, 3.05) is 6.67 Å². The zero-order valence-electron chi connectivity index (χ0n) is 5.30. The third-order valence-corrected chi connectivity index (χ3v) is 0.276. The van der Waals surface area contributed by atoms with E-state index >= 15 is 0 Å². The van der Waals surface area contributed by atoms with Crippen LogP contribution in [0.4, 0.5) is 4.39 Å². The molecular formula is C5H5CuFO4-. The molecule has 0 aliphatic rings. The normalized spacial score (nSPS) is 6.27. The van der Waals surface area contributed by atoms with Gasteiger partial charge < -0.3 is 19.8 Å². The summed E-state index contributed by atoms with van der Waals surface area (Å²) in [5, 5.41) is 18.0. The second-order valence-electron chi connectivity index (χ2n) is 1.03. The summed E-state index contributed by atoms with van der Waals surface area (Å²) in [5.74, 6) is -2.89. The quantitative estimate of drug-likeness (QED) is 0.378. The Kier molecular flexibility index (Phi) is 17.9. The van der Waals surface area contributed by atoms with Crippen LogP contribution in [0, 0.1) is 0 Å². The van der Waals surface area contributed by atoms with Crippen LogP contribution in [-0.2, 0) is 26.7 Å². The standard InChI is InChI=1S/C3H4O2.C2H3FO2.Cu/c1-2-3(4)5;3-1-2(4)5;/h2H,1H2,(H,4,5);1H2,(H,4,5);/q;;+1/p-2. The van der Waals surface area contributed by atoms with Crippen molar-refractivity contribution in [1.82, 2.24) is 0 Å². The summed E-state index contributed by atoms with van der Waals surface area (Å²) in [6.07, 6.45) is 0.722. The number of carbonyl (C=O) groups excluding carboxylic acids is 2. The summed E-state index contributed by atoms with van der Waals surface area (Å²) in [6.45, 7) is 1.51. The zero-order chi connectivity index (χ0) is 8.57. The number of alkyl halides is 1. The van der Waals surface area contributed by atoms with Crippen LogP contribution in [0.5, 0.6) is 0 Å². The predicted molar refractivity (Wildman–Crippen MR) is 26.2 cm³/mol. The maximum atomic E-state index is 10.5. The molecule has 0 aromatic heterocycles. The molecule has 0 fully saturated rings. The van der Waals surface area contributed by atoms with Crippen LogP contribution in [0.2, 0.25) is 0 Å². The molecule has 0 spiro atoms. The van der Waals surface area contributed by atoms with E-state index in [0.717, 1.165) is 6.08 Å². The molecule has 0 rings (SSSR count). The van der Waals surface area contributed by atoms with Gasteiger partial charge >= 0.3 is 17.1 Å². The fourth-order valence-electron chi connectivity index (χ4n) is 0. The summed E-state index contributed by atoms with van der Waals surface area (Å²) >= 11 is 0. The van der Waals surface area contributed by atoms with E-state index in [1.807, 2.05) is 0 Å². The van der Waals surface area contributed by atoms with Crippen molar-refractivity contribution in [2.45, 2.75) is 0 Å². The van der Waals surface area contributed by atoms with E-state index in [4.69, 9.17) is 19.8 Å². The summed E-state index contributed by atoms with van der Waals surface area (Å²) < 4.78 is 10.5.